The average molecular weight is 204 g/mol. The fourth-order valence-corrected chi connectivity index (χ4v) is 1.91. The second-order valence-corrected chi connectivity index (χ2v) is 4.15. The van der Waals surface area contributed by atoms with Crippen molar-refractivity contribution in [2.75, 3.05) is 0 Å². The van der Waals surface area contributed by atoms with Crippen molar-refractivity contribution >= 4 is 11.0 Å². The summed E-state index contributed by atoms with van der Waals surface area (Å²) in [4.78, 5) is 18.4. The monoisotopic (exact) mass is 204 g/mol. The highest BCUT2D eigenvalue weighted by atomic mass is 16.1. The van der Waals surface area contributed by atoms with Crippen LogP contribution in [-0.4, -0.2) is 19.7 Å². The van der Waals surface area contributed by atoms with E-state index in [0.29, 0.717) is 11.0 Å². The molecule has 15 heavy (non-hydrogen) atoms. The molecule has 0 saturated heterocycles. The Kier molecular flexibility index (Phi) is 1.68. The predicted molar refractivity (Wildman–Crippen MR) is 55.6 cm³/mol. The molecule has 2 aromatic rings. The standard InChI is InChI=1S/C10H12N4O/c1-14-9-8(10(15)12-5-11-9)7(13-14)4-6-2-3-6/h5-6H,2-4H2,1H3,(H,11,12,15). The van der Waals surface area contributed by atoms with E-state index in [1.165, 1.54) is 19.2 Å². The van der Waals surface area contributed by atoms with Crippen molar-refractivity contribution in [3.05, 3.63) is 22.4 Å². The lowest BCUT2D eigenvalue weighted by molar-refractivity contribution is 0.727. The largest absolute Gasteiger partial charge is 0.312 e. The van der Waals surface area contributed by atoms with Gasteiger partial charge in [-0.25, -0.2) is 9.67 Å². The lowest BCUT2D eigenvalue weighted by atomic mass is 10.2. The molecule has 0 bridgehead atoms. The van der Waals surface area contributed by atoms with Crippen LogP contribution >= 0.6 is 0 Å². The van der Waals surface area contributed by atoms with Crippen molar-refractivity contribution in [3.8, 4) is 0 Å². The first-order chi connectivity index (χ1) is 7.25. The number of aromatic amines is 1. The molecule has 5 nitrogen and oxygen atoms in total. The molecule has 1 aliphatic rings. The Hall–Kier alpha value is -1.65. The third-order valence-electron chi connectivity index (χ3n) is 2.88. The number of H-pyrrole nitrogens is 1. The summed E-state index contributed by atoms with van der Waals surface area (Å²) in [7, 11) is 1.82. The average Bonchev–Trinajstić information content (AvgIpc) is 2.94. The van der Waals surface area contributed by atoms with Crippen LogP contribution in [0.3, 0.4) is 0 Å². The third kappa shape index (κ3) is 1.35. The van der Waals surface area contributed by atoms with Crippen LogP contribution in [0.4, 0.5) is 0 Å². The molecule has 0 unspecified atom stereocenters. The van der Waals surface area contributed by atoms with Crippen LogP contribution in [0.1, 0.15) is 18.5 Å². The predicted octanol–water partition coefficient (Wildman–Crippen LogP) is 0.609. The minimum absolute atomic E-state index is 0.0799. The quantitative estimate of drug-likeness (QED) is 0.779. The Labute approximate surface area is 86.1 Å². The maximum atomic E-state index is 11.7. The smallest absolute Gasteiger partial charge is 0.262 e. The van der Waals surface area contributed by atoms with E-state index >= 15 is 0 Å². The van der Waals surface area contributed by atoms with Crippen molar-refractivity contribution in [3.63, 3.8) is 0 Å². The van der Waals surface area contributed by atoms with Gasteiger partial charge in [-0.05, 0) is 25.2 Å². The van der Waals surface area contributed by atoms with Gasteiger partial charge in [0.15, 0.2) is 5.65 Å². The number of aryl methyl sites for hydroxylation is 1. The summed E-state index contributed by atoms with van der Waals surface area (Å²) in [6, 6.07) is 0. The van der Waals surface area contributed by atoms with Gasteiger partial charge < -0.3 is 4.98 Å². The Morgan fingerprint density at radius 3 is 3.13 bits per heavy atom. The van der Waals surface area contributed by atoms with Gasteiger partial charge in [-0.3, -0.25) is 4.79 Å². The van der Waals surface area contributed by atoms with Crippen LogP contribution in [0.5, 0.6) is 0 Å². The maximum Gasteiger partial charge on any atom is 0.262 e. The number of hydrogen-bond acceptors (Lipinski definition) is 3. The van der Waals surface area contributed by atoms with Crippen LogP contribution < -0.4 is 5.56 Å². The zero-order valence-electron chi connectivity index (χ0n) is 8.53. The van der Waals surface area contributed by atoms with Crippen LogP contribution in [0.15, 0.2) is 11.1 Å². The minimum Gasteiger partial charge on any atom is -0.312 e. The summed E-state index contributed by atoms with van der Waals surface area (Å²) < 4.78 is 1.68. The molecule has 1 N–H and O–H groups in total. The maximum absolute atomic E-state index is 11.7. The lowest BCUT2D eigenvalue weighted by Gasteiger charge is -1.91. The van der Waals surface area contributed by atoms with E-state index in [1.54, 1.807) is 4.68 Å². The van der Waals surface area contributed by atoms with E-state index in [9.17, 15) is 4.79 Å². The van der Waals surface area contributed by atoms with Crippen LogP contribution in [0.2, 0.25) is 0 Å². The van der Waals surface area contributed by atoms with E-state index in [4.69, 9.17) is 0 Å². The molecule has 1 fully saturated rings. The van der Waals surface area contributed by atoms with E-state index in [1.807, 2.05) is 7.05 Å². The van der Waals surface area contributed by atoms with Crippen LogP contribution in [0.25, 0.3) is 11.0 Å². The zero-order valence-corrected chi connectivity index (χ0v) is 8.53. The van der Waals surface area contributed by atoms with E-state index in [0.717, 1.165) is 18.0 Å². The summed E-state index contributed by atoms with van der Waals surface area (Å²) in [6.07, 6.45) is 4.85. The molecular weight excluding hydrogens is 192 g/mol. The Balaban J connectivity index is 2.23. The highest BCUT2D eigenvalue weighted by Crippen LogP contribution is 2.33. The second kappa shape index (κ2) is 2.92. The van der Waals surface area contributed by atoms with Gasteiger partial charge in [0.2, 0.25) is 0 Å². The van der Waals surface area contributed by atoms with Gasteiger partial charge in [0, 0.05) is 7.05 Å². The molecule has 5 heteroatoms. The number of nitrogens with one attached hydrogen (secondary N) is 1. The first-order valence-corrected chi connectivity index (χ1v) is 5.15. The molecule has 1 aliphatic carbocycles. The van der Waals surface area contributed by atoms with Crippen LogP contribution in [0, 0.1) is 5.92 Å². The molecule has 2 aromatic heterocycles. The van der Waals surface area contributed by atoms with Gasteiger partial charge in [0.05, 0.1) is 12.0 Å². The topological polar surface area (TPSA) is 63.6 Å². The van der Waals surface area contributed by atoms with E-state index in [2.05, 4.69) is 15.1 Å². The SMILES string of the molecule is Cn1nc(CC2CC2)c2c(=O)[nH]cnc21. The van der Waals surface area contributed by atoms with Crippen molar-refractivity contribution in [1.29, 1.82) is 0 Å². The van der Waals surface area contributed by atoms with Crippen molar-refractivity contribution in [1.82, 2.24) is 19.7 Å². The molecule has 2 heterocycles. The summed E-state index contributed by atoms with van der Waals surface area (Å²) in [5.74, 6) is 0.725. The van der Waals surface area contributed by atoms with Gasteiger partial charge in [-0.1, -0.05) is 0 Å². The van der Waals surface area contributed by atoms with Crippen molar-refractivity contribution < 1.29 is 0 Å². The molecule has 0 spiro atoms. The van der Waals surface area contributed by atoms with Crippen molar-refractivity contribution in [2.24, 2.45) is 13.0 Å². The summed E-state index contributed by atoms with van der Waals surface area (Å²) in [5, 5.41) is 5.02. The summed E-state index contributed by atoms with van der Waals surface area (Å²) in [6.45, 7) is 0. The van der Waals surface area contributed by atoms with Gasteiger partial charge in [0.25, 0.3) is 5.56 Å². The highest BCUT2D eigenvalue weighted by molar-refractivity contribution is 5.76. The molecule has 0 aliphatic heterocycles. The fourth-order valence-electron chi connectivity index (χ4n) is 1.91. The third-order valence-corrected chi connectivity index (χ3v) is 2.88. The zero-order chi connectivity index (χ0) is 10.4. The normalized spacial score (nSPS) is 16.1. The first-order valence-electron chi connectivity index (χ1n) is 5.15. The fraction of sp³-hybridized carbons (Fsp3) is 0.500. The summed E-state index contributed by atoms with van der Waals surface area (Å²) >= 11 is 0. The van der Waals surface area contributed by atoms with Gasteiger partial charge in [-0.15, -0.1) is 0 Å². The molecule has 0 atom stereocenters. The molecular formula is C10H12N4O. The number of hydrogen-bond donors (Lipinski definition) is 1. The molecule has 78 valence electrons. The Bertz CT molecular complexity index is 564. The lowest BCUT2D eigenvalue weighted by Crippen LogP contribution is -2.07. The van der Waals surface area contributed by atoms with E-state index < -0.39 is 0 Å². The van der Waals surface area contributed by atoms with E-state index in [-0.39, 0.29) is 5.56 Å². The van der Waals surface area contributed by atoms with Gasteiger partial charge >= 0.3 is 0 Å². The number of nitrogens with zero attached hydrogens (tertiary/aromatic N) is 3. The number of fused-ring (bicyclic) bond motifs is 1. The van der Waals surface area contributed by atoms with Gasteiger partial charge in [0.1, 0.15) is 5.39 Å². The molecule has 3 rings (SSSR count). The summed E-state index contributed by atoms with van der Waals surface area (Å²) in [5.41, 5.74) is 1.49. The van der Waals surface area contributed by atoms with Gasteiger partial charge in [-0.2, -0.15) is 5.10 Å². The number of aromatic nitrogens is 4. The Morgan fingerprint density at radius 2 is 2.40 bits per heavy atom. The second-order valence-electron chi connectivity index (χ2n) is 4.15. The molecule has 0 aromatic carbocycles. The van der Waals surface area contributed by atoms with Crippen molar-refractivity contribution in [2.45, 2.75) is 19.3 Å². The molecule has 1 saturated carbocycles. The molecule has 0 radical (unpaired) electrons. The first kappa shape index (κ1) is 8.64. The molecule has 0 amide bonds. The minimum atomic E-state index is -0.0799. The number of rotatable bonds is 2. The Morgan fingerprint density at radius 1 is 1.60 bits per heavy atom. The van der Waals surface area contributed by atoms with Crippen LogP contribution in [-0.2, 0) is 13.5 Å². The highest BCUT2D eigenvalue weighted by Gasteiger charge is 2.25.